The van der Waals surface area contributed by atoms with E-state index in [0.717, 1.165) is 42.9 Å². The molecule has 0 bridgehead atoms. The highest BCUT2D eigenvalue weighted by atomic mass is 16.6. The van der Waals surface area contributed by atoms with E-state index in [-0.39, 0.29) is 5.69 Å². The van der Waals surface area contributed by atoms with Gasteiger partial charge in [0.2, 0.25) is 5.95 Å². The Hall–Kier alpha value is -3.53. The van der Waals surface area contributed by atoms with E-state index in [0.29, 0.717) is 30.7 Å². The van der Waals surface area contributed by atoms with Crippen molar-refractivity contribution in [2.24, 2.45) is 0 Å². The number of nitrogens with zero attached hydrogens (tertiary/aromatic N) is 6. The van der Waals surface area contributed by atoms with Crippen molar-refractivity contribution in [2.45, 2.75) is 32.2 Å². The predicted molar refractivity (Wildman–Crippen MR) is 120 cm³/mol. The molecule has 3 heterocycles. The summed E-state index contributed by atoms with van der Waals surface area (Å²) in [5.74, 6) is 1.07. The third kappa shape index (κ3) is 5.20. The average molecular weight is 438 g/mol. The molecular weight excluding hydrogens is 410 g/mol. The highest BCUT2D eigenvalue weighted by Gasteiger charge is 2.20. The van der Waals surface area contributed by atoms with Gasteiger partial charge in [0.15, 0.2) is 0 Å². The molecular formula is C22H27N7O3. The second-order valence-electron chi connectivity index (χ2n) is 7.90. The molecule has 0 saturated carbocycles. The summed E-state index contributed by atoms with van der Waals surface area (Å²) < 4.78 is 7.43. The van der Waals surface area contributed by atoms with Crippen LogP contribution in [0.5, 0.6) is 5.75 Å². The molecule has 1 saturated heterocycles. The molecule has 0 atom stereocenters. The van der Waals surface area contributed by atoms with Crippen molar-refractivity contribution in [3.63, 3.8) is 0 Å². The van der Waals surface area contributed by atoms with E-state index in [1.165, 1.54) is 6.20 Å². The van der Waals surface area contributed by atoms with Gasteiger partial charge in [0.1, 0.15) is 17.6 Å². The van der Waals surface area contributed by atoms with Crippen molar-refractivity contribution >= 4 is 17.3 Å². The maximum absolute atomic E-state index is 11.5. The van der Waals surface area contributed by atoms with Crippen molar-refractivity contribution in [1.82, 2.24) is 24.6 Å². The Bertz CT molecular complexity index is 1060. The third-order valence-corrected chi connectivity index (χ3v) is 5.57. The summed E-state index contributed by atoms with van der Waals surface area (Å²) in [6.45, 7) is 4.60. The van der Waals surface area contributed by atoms with E-state index in [9.17, 15) is 10.1 Å². The first-order valence-corrected chi connectivity index (χ1v) is 10.7. The minimum atomic E-state index is -0.453. The third-order valence-electron chi connectivity index (χ3n) is 5.57. The monoisotopic (exact) mass is 437 g/mol. The molecule has 0 amide bonds. The molecule has 0 unspecified atom stereocenters. The number of benzene rings is 1. The van der Waals surface area contributed by atoms with Crippen LogP contribution in [0.25, 0.3) is 0 Å². The number of piperidine rings is 1. The SMILES string of the molecule is CCOc1ccc(Cc2nc(Nc3cnn(C4CCN(C)CC4)c3)ncc2[N+](=O)[O-])cc1. The Balaban J connectivity index is 1.49. The summed E-state index contributed by atoms with van der Waals surface area (Å²) in [6, 6.07) is 7.84. The molecule has 4 rings (SSSR count). The Kier molecular flexibility index (Phi) is 6.60. The van der Waals surface area contributed by atoms with E-state index >= 15 is 0 Å². The molecule has 1 aromatic carbocycles. The molecule has 10 heteroatoms. The molecule has 1 aliphatic rings. The van der Waals surface area contributed by atoms with Gasteiger partial charge in [0.25, 0.3) is 0 Å². The standard InChI is InChI=1S/C22H27N7O3/c1-3-32-19-6-4-16(5-7-19)12-20-21(29(30)31)14-23-22(26-20)25-17-13-24-28(15-17)18-8-10-27(2)11-9-18/h4-7,13-15,18H,3,8-12H2,1-2H3,(H,23,25,26). The topological polar surface area (TPSA) is 111 Å². The van der Waals surface area contributed by atoms with Crippen LogP contribution in [0.4, 0.5) is 17.3 Å². The molecule has 3 aromatic rings. The molecule has 10 nitrogen and oxygen atoms in total. The number of nitro groups is 1. The number of anilines is 2. The largest absolute Gasteiger partial charge is 0.494 e. The summed E-state index contributed by atoms with van der Waals surface area (Å²) in [6.07, 6.45) is 7.34. The molecule has 0 spiro atoms. The Morgan fingerprint density at radius 2 is 1.97 bits per heavy atom. The van der Waals surface area contributed by atoms with Gasteiger partial charge in [-0.15, -0.1) is 0 Å². The van der Waals surface area contributed by atoms with Gasteiger partial charge in [-0.1, -0.05) is 12.1 Å². The Labute approximate surface area is 186 Å². The first kappa shape index (κ1) is 21.7. The normalized spacial score (nSPS) is 14.9. The van der Waals surface area contributed by atoms with E-state index < -0.39 is 4.92 Å². The van der Waals surface area contributed by atoms with E-state index in [2.05, 4.69) is 32.3 Å². The minimum Gasteiger partial charge on any atom is -0.494 e. The van der Waals surface area contributed by atoms with Gasteiger partial charge in [0.05, 0.1) is 29.5 Å². The van der Waals surface area contributed by atoms with Crippen LogP contribution in [0.1, 0.15) is 37.1 Å². The van der Waals surface area contributed by atoms with Gasteiger partial charge in [-0.2, -0.15) is 5.10 Å². The smallest absolute Gasteiger partial charge is 0.309 e. The number of hydrogen-bond acceptors (Lipinski definition) is 8. The van der Waals surface area contributed by atoms with Crippen molar-refractivity contribution in [3.05, 3.63) is 64.2 Å². The number of likely N-dealkylation sites (tertiary alicyclic amines) is 1. The fourth-order valence-electron chi connectivity index (χ4n) is 3.81. The Morgan fingerprint density at radius 1 is 1.22 bits per heavy atom. The number of hydrogen-bond donors (Lipinski definition) is 1. The van der Waals surface area contributed by atoms with E-state index in [4.69, 9.17) is 4.74 Å². The highest BCUT2D eigenvalue weighted by Crippen LogP contribution is 2.25. The van der Waals surface area contributed by atoms with E-state index in [1.807, 2.05) is 42.1 Å². The molecule has 32 heavy (non-hydrogen) atoms. The van der Waals surface area contributed by atoms with Gasteiger partial charge >= 0.3 is 5.69 Å². The maximum Gasteiger partial charge on any atom is 0.309 e. The lowest BCUT2D eigenvalue weighted by atomic mass is 10.1. The van der Waals surface area contributed by atoms with Crippen LogP contribution in [-0.2, 0) is 6.42 Å². The second-order valence-corrected chi connectivity index (χ2v) is 7.90. The van der Waals surface area contributed by atoms with Crippen LogP contribution < -0.4 is 10.1 Å². The number of ether oxygens (including phenoxy) is 1. The van der Waals surface area contributed by atoms with Gasteiger partial charge in [0, 0.05) is 12.6 Å². The predicted octanol–water partition coefficient (Wildman–Crippen LogP) is 3.58. The second kappa shape index (κ2) is 9.73. The van der Waals surface area contributed by atoms with Crippen molar-refractivity contribution < 1.29 is 9.66 Å². The summed E-state index contributed by atoms with van der Waals surface area (Å²) >= 11 is 0. The average Bonchev–Trinajstić information content (AvgIpc) is 3.24. The lowest BCUT2D eigenvalue weighted by Crippen LogP contribution is -2.31. The zero-order chi connectivity index (χ0) is 22.5. The summed E-state index contributed by atoms with van der Waals surface area (Å²) in [4.78, 5) is 21.9. The summed E-state index contributed by atoms with van der Waals surface area (Å²) in [7, 11) is 2.13. The minimum absolute atomic E-state index is 0.105. The Morgan fingerprint density at radius 3 is 2.66 bits per heavy atom. The van der Waals surface area contributed by atoms with Gasteiger partial charge in [-0.3, -0.25) is 14.8 Å². The number of nitrogens with one attached hydrogen (secondary N) is 1. The first-order chi connectivity index (χ1) is 15.5. The van der Waals surface area contributed by atoms with Crippen molar-refractivity contribution in [2.75, 3.05) is 32.1 Å². The van der Waals surface area contributed by atoms with E-state index in [1.54, 1.807) is 6.20 Å². The number of rotatable bonds is 8. The number of aromatic nitrogens is 4. The molecule has 2 aromatic heterocycles. The zero-order valence-electron chi connectivity index (χ0n) is 18.3. The van der Waals surface area contributed by atoms with Gasteiger partial charge in [-0.05, 0) is 57.6 Å². The lowest BCUT2D eigenvalue weighted by molar-refractivity contribution is -0.386. The molecule has 1 fully saturated rings. The van der Waals surface area contributed by atoms with Crippen LogP contribution in [0.3, 0.4) is 0 Å². The fourth-order valence-corrected chi connectivity index (χ4v) is 3.81. The molecule has 0 radical (unpaired) electrons. The van der Waals surface area contributed by atoms with Crippen LogP contribution in [-0.4, -0.2) is 56.3 Å². The molecule has 1 aliphatic heterocycles. The first-order valence-electron chi connectivity index (χ1n) is 10.7. The quantitative estimate of drug-likeness (QED) is 0.420. The summed E-state index contributed by atoms with van der Waals surface area (Å²) in [5.41, 5.74) is 1.90. The van der Waals surface area contributed by atoms with Gasteiger partial charge in [-0.25, -0.2) is 9.97 Å². The highest BCUT2D eigenvalue weighted by molar-refractivity contribution is 5.52. The van der Waals surface area contributed by atoms with Crippen molar-refractivity contribution in [1.29, 1.82) is 0 Å². The molecule has 1 N–H and O–H groups in total. The van der Waals surface area contributed by atoms with Gasteiger partial charge < -0.3 is 15.0 Å². The molecule has 168 valence electrons. The van der Waals surface area contributed by atoms with Crippen LogP contribution in [0, 0.1) is 10.1 Å². The van der Waals surface area contributed by atoms with Crippen LogP contribution in [0.15, 0.2) is 42.9 Å². The maximum atomic E-state index is 11.5. The van der Waals surface area contributed by atoms with Crippen LogP contribution in [0.2, 0.25) is 0 Å². The summed E-state index contributed by atoms with van der Waals surface area (Å²) in [5, 5.41) is 19.1. The van der Waals surface area contributed by atoms with Crippen LogP contribution >= 0.6 is 0 Å². The molecule has 0 aliphatic carbocycles. The lowest BCUT2D eigenvalue weighted by Gasteiger charge is -2.28. The fraction of sp³-hybridized carbons (Fsp3) is 0.409. The zero-order valence-corrected chi connectivity index (χ0v) is 18.3. The van der Waals surface area contributed by atoms with Crippen molar-refractivity contribution in [3.8, 4) is 5.75 Å².